The van der Waals surface area contributed by atoms with Gasteiger partial charge in [0.25, 0.3) is 0 Å². The van der Waals surface area contributed by atoms with Gasteiger partial charge in [0, 0.05) is 23.2 Å². The summed E-state index contributed by atoms with van der Waals surface area (Å²) < 4.78 is 1.03. The lowest BCUT2D eigenvalue weighted by Crippen LogP contribution is -2.31. The first-order valence-electron chi connectivity index (χ1n) is 7.00. The first-order valence-corrected chi connectivity index (χ1v) is 7.79. The Labute approximate surface area is 131 Å². The van der Waals surface area contributed by atoms with Crippen molar-refractivity contribution in [2.24, 2.45) is 0 Å². The Hall–Kier alpha value is -1.89. The fourth-order valence-electron chi connectivity index (χ4n) is 2.33. The number of halogens is 1. The van der Waals surface area contributed by atoms with Crippen LogP contribution in [0.2, 0.25) is 0 Å². The largest absolute Gasteiger partial charge is 0.368 e. The van der Waals surface area contributed by atoms with Crippen LogP contribution in [0.4, 0.5) is 23.5 Å². The molecule has 0 saturated carbocycles. The lowest BCUT2D eigenvalue weighted by atomic mass is 10.1. The van der Waals surface area contributed by atoms with Gasteiger partial charge in [-0.3, -0.25) is 0 Å². The molecule has 0 amide bonds. The Bertz CT molecular complexity index is 609. The highest BCUT2D eigenvalue weighted by molar-refractivity contribution is 9.10. The molecule has 0 bridgehead atoms. The molecule has 1 aliphatic rings. The summed E-state index contributed by atoms with van der Waals surface area (Å²) in [6, 6.07) is 7.81. The lowest BCUT2D eigenvalue weighted by Gasteiger charge is -2.26. The molecule has 7 heteroatoms. The van der Waals surface area contributed by atoms with E-state index in [0.717, 1.165) is 23.2 Å². The van der Waals surface area contributed by atoms with E-state index in [1.807, 2.05) is 24.3 Å². The van der Waals surface area contributed by atoms with Crippen LogP contribution >= 0.6 is 15.9 Å². The Kier molecular flexibility index (Phi) is 4.19. The molecular weight excluding hydrogens is 332 g/mol. The van der Waals surface area contributed by atoms with Crippen LogP contribution in [-0.2, 0) is 0 Å². The van der Waals surface area contributed by atoms with Crippen molar-refractivity contribution in [1.82, 2.24) is 15.0 Å². The second-order valence-electron chi connectivity index (χ2n) is 5.00. The van der Waals surface area contributed by atoms with E-state index >= 15 is 0 Å². The fraction of sp³-hybridized carbons (Fsp3) is 0.357. The van der Waals surface area contributed by atoms with Gasteiger partial charge in [-0.05, 0) is 43.5 Å². The monoisotopic (exact) mass is 348 g/mol. The maximum absolute atomic E-state index is 5.81. The second-order valence-corrected chi connectivity index (χ2v) is 5.91. The van der Waals surface area contributed by atoms with Gasteiger partial charge in [-0.15, -0.1) is 0 Å². The van der Waals surface area contributed by atoms with E-state index < -0.39 is 0 Å². The number of nitrogens with zero attached hydrogens (tertiary/aromatic N) is 4. The summed E-state index contributed by atoms with van der Waals surface area (Å²) in [5.74, 6) is 1.37. The molecule has 1 aliphatic heterocycles. The molecule has 110 valence electrons. The minimum Gasteiger partial charge on any atom is -0.368 e. The quantitative estimate of drug-likeness (QED) is 0.887. The molecule has 2 heterocycles. The maximum atomic E-state index is 5.81. The zero-order valence-corrected chi connectivity index (χ0v) is 13.2. The number of benzene rings is 1. The van der Waals surface area contributed by atoms with Crippen molar-refractivity contribution in [3.63, 3.8) is 0 Å². The van der Waals surface area contributed by atoms with E-state index in [4.69, 9.17) is 5.73 Å². The minimum atomic E-state index is 0.241. The molecule has 21 heavy (non-hydrogen) atoms. The standard InChI is InChI=1S/C14H17BrN6/c15-10-4-6-11(7-5-10)17-13-18-12(16)19-14(20-13)21-8-2-1-3-9-21/h4-7H,1-3,8-9H2,(H3,16,17,18,19,20). The molecule has 0 radical (unpaired) electrons. The number of aromatic nitrogens is 3. The number of nitrogen functional groups attached to an aromatic ring is 1. The van der Waals surface area contributed by atoms with Crippen LogP contribution in [-0.4, -0.2) is 28.0 Å². The normalized spacial score (nSPS) is 15.0. The van der Waals surface area contributed by atoms with Gasteiger partial charge in [0.2, 0.25) is 17.8 Å². The molecule has 0 aliphatic carbocycles. The van der Waals surface area contributed by atoms with E-state index in [2.05, 4.69) is 41.1 Å². The number of hydrogen-bond donors (Lipinski definition) is 2. The van der Waals surface area contributed by atoms with Gasteiger partial charge in [-0.1, -0.05) is 15.9 Å². The molecule has 0 spiro atoms. The predicted octanol–water partition coefficient (Wildman–Crippen LogP) is 2.95. The van der Waals surface area contributed by atoms with Gasteiger partial charge in [-0.2, -0.15) is 15.0 Å². The number of hydrogen-bond acceptors (Lipinski definition) is 6. The number of nitrogens with one attached hydrogen (secondary N) is 1. The Morgan fingerprint density at radius 2 is 1.71 bits per heavy atom. The van der Waals surface area contributed by atoms with Crippen molar-refractivity contribution in [1.29, 1.82) is 0 Å². The Morgan fingerprint density at radius 3 is 2.43 bits per heavy atom. The minimum absolute atomic E-state index is 0.241. The number of anilines is 4. The van der Waals surface area contributed by atoms with Crippen LogP contribution in [0.3, 0.4) is 0 Å². The molecule has 6 nitrogen and oxygen atoms in total. The van der Waals surface area contributed by atoms with E-state index in [9.17, 15) is 0 Å². The van der Waals surface area contributed by atoms with E-state index in [1.165, 1.54) is 19.3 Å². The van der Waals surface area contributed by atoms with Crippen molar-refractivity contribution in [2.45, 2.75) is 19.3 Å². The van der Waals surface area contributed by atoms with Crippen molar-refractivity contribution < 1.29 is 0 Å². The zero-order chi connectivity index (χ0) is 14.7. The molecule has 3 N–H and O–H groups in total. The summed E-state index contributed by atoms with van der Waals surface area (Å²) in [4.78, 5) is 15.0. The van der Waals surface area contributed by atoms with Crippen molar-refractivity contribution in [2.75, 3.05) is 29.0 Å². The summed E-state index contributed by atoms with van der Waals surface area (Å²) in [6.07, 6.45) is 3.60. The van der Waals surface area contributed by atoms with Gasteiger partial charge in [0.1, 0.15) is 0 Å². The zero-order valence-electron chi connectivity index (χ0n) is 11.6. The first-order chi connectivity index (χ1) is 10.2. The van der Waals surface area contributed by atoms with Gasteiger partial charge in [0.15, 0.2) is 0 Å². The SMILES string of the molecule is Nc1nc(Nc2ccc(Br)cc2)nc(N2CCCCC2)n1. The van der Waals surface area contributed by atoms with E-state index in [-0.39, 0.29) is 5.95 Å². The number of nitrogens with two attached hydrogens (primary N) is 1. The van der Waals surface area contributed by atoms with E-state index in [1.54, 1.807) is 0 Å². The highest BCUT2D eigenvalue weighted by Crippen LogP contribution is 2.20. The molecule has 0 unspecified atom stereocenters. The Balaban J connectivity index is 1.81. The summed E-state index contributed by atoms with van der Waals surface area (Å²) in [7, 11) is 0. The van der Waals surface area contributed by atoms with Gasteiger partial charge >= 0.3 is 0 Å². The van der Waals surface area contributed by atoms with Gasteiger partial charge in [-0.25, -0.2) is 0 Å². The van der Waals surface area contributed by atoms with Crippen LogP contribution in [0.5, 0.6) is 0 Å². The summed E-state index contributed by atoms with van der Waals surface area (Å²) in [6.45, 7) is 1.95. The van der Waals surface area contributed by atoms with Crippen molar-refractivity contribution in [3.05, 3.63) is 28.7 Å². The third kappa shape index (κ3) is 3.60. The summed E-state index contributed by atoms with van der Waals surface area (Å²) in [5.41, 5.74) is 6.72. The molecule has 3 rings (SSSR count). The smallest absolute Gasteiger partial charge is 0.233 e. The summed E-state index contributed by atoms with van der Waals surface area (Å²) in [5, 5.41) is 3.16. The van der Waals surface area contributed by atoms with E-state index in [0.29, 0.717) is 11.9 Å². The van der Waals surface area contributed by atoms with Crippen LogP contribution in [0.25, 0.3) is 0 Å². The first kappa shape index (κ1) is 14.1. The average molecular weight is 349 g/mol. The highest BCUT2D eigenvalue weighted by atomic mass is 79.9. The Morgan fingerprint density at radius 1 is 1.00 bits per heavy atom. The molecule has 2 aromatic rings. The molecule has 1 fully saturated rings. The van der Waals surface area contributed by atoms with Gasteiger partial charge in [0.05, 0.1) is 0 Å². The molecule has 0 atom stereocenters. The number of piperidine rings is 1. The number of rotatable bonds is 3. The van der Waals surface area contributed by atoms with Crippen LogP contribution in [0, 0.1) is 0 Å². The van der Waals surface area contributed by atoms with Crippen LogP contribution < -0.4 is 16.0 Å². The van der Waals surface area contributed by atoms with Crippen molar-refractivity contribution >= 4 is 39.5 Å². The second kappa shape index (κ2) is 6.26. The molecule has 1 aromatic carbocycles. The lowest BCUT2D eigenvalue weighted by molar-refractivity contribution is 0.568. The summed E-state index contributed by atoms with van der Waals surface area (Å²) >= 11 is 3.41. The van der Waals surface area contributed by atoms with Crippen LogP contribution in [0.15, 0.2) is 28.7 Å². The third-order valence-corrected chi connectivity index (χ3v) is 3.91. The van der Waals surface area contributed by atoms with Crippen LogP contribution in [0.1, 0.15) is 19.3 Å². The average Bonchev–Trinajstić information content (AvgIpc) is 2.50. The third-order valence-electron chi connectivity index (χ3n) is 3.38. The highest BCUT2D eigenvalue weighted by Gasteiger charge is 2.15. The van der Waals surface area contributed by atoms with Gasteiger partial charge < -0.3 is 16.0 Å². The molecule has 1 aromatic heterocycles. The predicted molar refractivity (Wildman–Crippen MR) is 87.7 cm³/mol. The maximum Gasteiger partial charge on any atom is 0.233 e. The topological polar surface area (TPSA) is 80.0 Å². The van der Waals surface area contributed by atoms with Crippen molar-refractivity contribution in [3.8, 4) is 0 Å². The molecular formula is C14H17BrN6. The fourth-order valence-corrected chi connectivity index (χ4v) is 2.60. The molecule has 1 saturated heterocycles.